The Morgan fingerprint density at radius 3 is 2.43 bits per heavy atom. The molecule has 0 saturated carbocycles. The highest BCUT2D eigenvalue weighted by Crippen LogP contribution is 2.30. The summed E-state index contributed by atoms with van der Waals surface area (Å²) < 4.78 is 6.11. The van der Waals surface area contributed by atoms with E-state index >= 15 is 0 Å². The van der Waals surface area contributed by atoms with Crippen LogP contribution in [0.2, 0.25) is 0 Å². The minimum atomic E-state index is -0.0486. The van der Waals surface area contributed by atoms with E-state index in [-0.39, 0.29) is 12.3 Å². The first-order valence-corrected chi connectivity index (χ1v) is 7.22. The number of ether oxygens (including phenoxy) is 1. The molecule has 2 heterocycles. The Morgan fingerprint density at radius 1 is 1.10 bits per heavy atom. The Kier molecular flexibility index (Phi) is 3.90. The van der Waals surface area contributed by atoms with Crippen LogP contribution in [0.15, 0.2) is 42.6 Å². The van der Waals surface area contributed by atoms with Crippen molar-refractivity contribution in [3.8, 4) is 0 Å². The van der Waals surface area contributed by atoms with E-state index in [1.54, 1.807) is 0 Å². The van der Waals surface area contributed by atoms with Gasteiger partial charge in [0, 0.05) is 43.8 Å². The van der Waals surface area contributed by atoms with Crippen molar-refractivity contribution >= 4 is 5.69 Å². The molecular weight excluding hydrogens is 262 g/mol. The van der Waals surface area contributed by atoms with Gasteiger partial charge in [0.05, 0.1) is 6.10 Å². The molecule has 110 valence electrons. The van der Waals surface area contributed by atoms with Crippen molar-refractivity contribution in [3.63, 3.8) is 0 Å². The number of nitrogens with one attached hydrogen (secondary N) is 1. The minimum absolute atomic E-state index is 0.0486. The Hall–Kier alpha value is -1.91. The molecule has 4 nitrogen and oxygen atoms in total. The highest BCUT2D eigenvalue weighted by Gasteiger charge is 2.27. The molecule has 1 aromatic heterocycles. The highest BCUT2D eigenvalue weighted by molar-refractivity contribution is 5.46. The maximum atomic E-state index is 6.11. The van der Waals surface area contributed by atoms with E-state index in [9.17, 15) is 0 Å². The summed E-state index contributed by atoms with van der Waals surface area (Å²) in [6, 6.07) is 12.6. The molecule has 0 amide bonds. The van der Waals surface area contributed by atoms with Crippen molar-refractivity contribution in [1.29, 1.82) is 0 Å². The molecule has 3 rings (SSSR count). The Bertz CT molecular complexity index is 592. The number of hydrogen-bond acceptors (Lipinski definition) is 4. The van der Waals surface area contributed by atoms with Gasteiger partial charge in [0.2, 0.25) is 0 Å². The number of benzene rings is 1. The number of nitrogens with zero attached hydrogens (tertiary/aromatic N) is 2. The van der Waals surface area contributed by atoms with Gasteiger partial charge in [-0.25, -0.2) is 0 Å². The molecule has 4 heteroatoms. The molecule has 21 heavy (non-hydrogen) atoms. The summed E-state index contributed by atoms with van der Waals surface area (Å²) in [5.41, 5.74) is 4.50. The molecule has 0 aliphatic carbocycles. The molecule has 2 atom stereocenters. The summed E-state index contributed by atoms with van der Waals surface area (Å²) in [6.45, 7) is 2.80. The van der Waals surface area contributed by atoms with Crippen molar-refractivity contribution in [2.24, 2.45) is 0 Å². The molecule has 2 aromatic rings. The number of pyridine rings is 1. The van der Waals surface area contributed by atoms with Crippen LogP contribution in [0, 0.1) is 6.92 Å². The summed E-state index contributed by atoms with van der Waals surface area (Å²) in [4.78, 5) is 6.43. The van der Waals surface area contributed by atoms with Crippen molar-refractivity contribution in [3.05, 3.63) is 59.4 Å². The summed E-state index contributed by atoms with van der Waals surface area (Å²) in [7, 11) is 4.08. The third-order valence-electron chi connectivity index (χ3n) is 3.81. The lowest BCUT2D eigenvalue weighted by Gasteiger charge is -2.16. The molecule has 1 saturated heterocycles. The maximum absolute atomic E-state index is 6.11. The van der Waals surface area contributed by atoms with Gasteiger partial charge in [0.1, 0.15) is 6.23 Å². The molecule has 0 bridgehead atoms. The predicted molar refractivity (Wildman–Crippen MR) is 84.3 cm³/mol. The topological polar surface area (TPSA) is 37.4 Å². The molecule has 2 unspecified atom stereocenters. The lowest BCUT2D eigenvalue weighted by atomic mass is 10.1. The predicted octanol–water partition coefficient (Wildman–Crippen LogP) is 2.82. The SMILES string of the molecule is Cc1ccc(C2CNC(c3ccc(N(C)C)cc3)O2)cn1. The number of anilines is 1. The van der Waals surface area contributed by atoms with E-state index in [0.29, 0.717) is 0 Å². The van der Waals surface area contributed by atoms with Gasteiger partial charge in [-0.15, -0.1) is 0 Å². The Labute approximate surface area is 125 Å². The molecule has 0 radical (unpaired) electrons. The van der Waals surface area contributed by atoms with Gasteiger partial charge >= 0.3 is 0 Å². The average molecular weight is 283 g/mol. The lowest BCUT2D eigenvalue weighted by molar-refractivity contribution is 0.0403. The van der Waals surface area contributed by atoms with Gasteiger partial charge in [-0.2, -0.15) is 0 Å². The smallest absolute Gasteiger partial charge is 0.135 e. The zero-order valence-corrected chi connectivity index (χ0v) is 12.7. The third kappa shape index (κ3) is 3.06. The van der Waals surface area contributed by atoms with Crippen LogP contribution >= 0.6 is 0 Å². The monoisotopic (exact) mass is 283 g/mol. The minimum Gasteiger partial charge on any atom is -0.378 e. The van der Waals surface area contributed by atoms with Crippen molar-refractivity contribution < 1.29 is 4.74 Å². The fourth-order valence-electron chi connectivity index (χ4n) is 2.48. The van der Waals surface area contributed by atoms with E-state index in [2.05, 4.69) is 45.5 Å². The number of rotatable bonds is 3. The molecule has 0 spiro atoms. The zero-order valence-electron chi connectivity index (χ0n) is 12.7. The van der Waals surface area contributed by atoms with Gasteiger partial charge in [-0.1, -0.05) is 18.2 Å². The van der Waals surface area contributed by atoms with Gasteiger partial charge in [0.25, 0.3) is 0 Å². The molecule has 1 fully saturated rings. The van der Waals surface area contributed by atoms with Gasteiger partial charge in [-0.3, -0.25) is 10.3 Å². The first-order valence-electron chi connectivity index (χ1n) is 7.22. The summed E-state index contributed by atoms with van der Waals surface area (Å²) in [5, 5.41) is 3.42. The largest absolute Gasteiger partial charge is 0.378 e. The first-order chi connectivity index (χ1) is 10.1. The molecule has 1 aliphatic rings. The van der Waals surface area contributed by atoms with Crippen molar-refractivity contribution in [1.82, 2.24) is 10.3 Å². The Balaban J connectivity index is 1.70. The third-order valence-corrected chi connectivity index (χ3v) is 3.81. The second-order valence-electron chi connectivity index (χ2n) is 5.63. The fourth-order valence-corrected chi connectivity index (χ4v) is 2.48. The highest BCUT2D eigenvalue weighted by atomic mass is 16.5. The van der Waals surface area contributed by atoms with Crippen LogP contribution in [0.4, 0.5) is 5.69 Å². The number of aromatic nitrogens is 1. The van der Waals surface area contributed by atoms with Gasteiger partial charge in [-0.05, 0) is 30.7 Å². The first kappa shape index (κ1) is 14.0. The van der Waals surface area contributed by atoms with Crippen LogP contribution in [0.25, 0.3) is 0 Å². The van der Waals surface area contributed by atoms with Crippen LogP contribution < -0.4 is 10.2 Å². The lowest BCUT2D eigenvalue weighted by Crippen LogP contribution is -2.14. The van der Waals surface area contributed by atoms with Crippen molar-refractivity contribution in [2.75, 3.05) is 25.5 Å². The van der Waals surface area contributed by atoms with Crippen LogP contribution in [0.1, 0.15) is 29.2 Å². The van der Waals surface area contributed by atoms with Gasteiger partial charge < -0.3 is 9.64 Å². The molecule has 1 aromatic carbocycles. The summed E-state index contributed by atoms with van der Waals surface area (Å²) >= 11 is 0. The Morgan fingerprint density at radius 2 is 1.81 bits per heavy atom. The fraction of sp³-hybridized carbons (Fsp3) is 0.353. The van der Waals surface area contributed by atoms with Crippen LogP contribution in [0.3, 0.4) is 0 Å². The van der Waals surface area contributed by atoms with Crippen LogP contribution in [-0.4, -0.2) is 25.6 Å². The second-order valence-corrected chi connectivity index (χ2v) is 5.63. The zero-order chi connectivity index (χ0) is 14.8. The molecule has 1 N–H and O–H groups in total. The normalized spacial score (nSPS) is 21.5. The van der Waals surface area contributed by atoms with E-state index in [4.69, 9.17) is 4.74 Å². The average Bonchev–Trinajstić information content (AvgIpc) is 2.98. The van der Waals surface area contributed by atoms with Gasteiger partial charge in [0.15, 0.2) is 0 Å². The quantitative estimate of drug-likeness (QED) is 0.940. The van der Waals surface area contributed by atoms with E-state index in [1.807, 2.05) is 33.3 Å². The maximum Gasteiger partial charge on any atom is 0.135 e. The van der Waals surface area contributed by atoms with Crippen LogP contribution in [-0.2, 0) is 4.74 Å². The second kappa shape index (κ2) is 5.84. The van der Waals surface area contributed by atoms with Crippen LogP contribution in [0.5, 0.6) is 0 Å². The van der Waals surface area contributed by atoms with E-state index < -0.39 is 0 Å². The van der Waals surface area contributed by atoms with E-state index in [1.165, 1.54) is 5.69 Å². The number of aryl methyl sites for hydroxylation is 1. The van der Waals surface area contributed by atoms with E-state index in [0.717, 1.165) is 23.4 Å². The standard InChI is InChI=1S/C17H21N3O/c1-12-4-5-14(10-18-12)16-11-19-17(21-16)13-6-8-15(9-7-13)20(2)3/h4-10,16-17,19H,11H2,1-3H3. The van der Waals surface area contributed by atoms with Crippen molar-refractivity contribution in [2.45, 2.75) is 19.3 Å². The summed E-state index contributed by atoms with van der Waals surface area (Å²) in [5.74, 6) is 0. The molecule has 1 aliphatic heterocycles. The molecular formula is C17H21N3O. The summed E-state index contributed by atoms with van der Waals surface area (Å²) in [6.07, 6.45) is 1.92. The number of hydrogen-bond donors (Lipinski definition) is 1.